The smallest absolute Gasteiger partial charge is 0.261 e. The molecular formula is C23H21FN2O2S. The van der Waals surface area contributed by atoms with E-state index in [-0.39, 0.29) is 23.5 Å². The van der Waals surface area contributed by atoms with Gasteiger partial charge in [-0.3, -0.25) is 9.59 Å². The lowest BCUT2D eigenvalue weighted by atomic mass is 10.1. The first-order valence-electron chi connectivity index (χ1n) is 9.54. The molecule has 1 N–H and O–H groups in total. The maximum atomic E-state index is 13.1. The number of nitrogens with one attached hydrogen (secondary N) is 1. The van der Waals surface area contributed by atoms with Crippen LogP contribution >= 0.6 is 11.3 Å². The molecule has 0 unspecified atom stereocenters. The van der Waals surface area contributed by atoms with Crippen LogP contribution in [0.5, 0.6) is 0 Å². The zero-order valence-electron chi connectivity index (χ0n) is 15.8. The van der Waals surface area contributed by atoms with Crippen molar-refractivity contribution in [2.24, 2.45) is 5.92 Å². The van der Waals surface area contributed by atoms with Gasteiger partial charge in [0.1, 0.15) is 5.82 Å². The van der Waals surface area contributed by atoms with Crippen LogP contribution in [0.25, 0.3) is 10.4 Å². The molecule has 0 radical (unpaired) electrons. The molecule has 2 amide bonds. The maximum Gasteiger partial charge on any atom is 0.261 e. The number of carbonyl (C=O) groups excluding carboxylic acids is 2. The number of amides is 2. The summed E-state index contributed by atoms with van der Waals surface area (Å²) in [5.41, 5.74) is 1.99. The Morgan fingerprint density at radius 3 is 2.59 bits per heavy atom. The number of nitrogens with zero attached hydrogens (tertiary/aromatic N) is 1. The van der Waals surface area contributed by atoms with Gasteiger partial charge in [0.2, 0.25) is 5.91 Å². The van der Waals surface area contributed by atoms with Crippen LogP contribution < -0.4 is 5.32 Å². The number of likely N-dealkylation sites (tertiary alicyclic amines) is 1. The van der Waals surface area contributed by atoms with Crippen LogP contribution in [-0.4, -0.2) is 29.8 Å². The van der Waals surface area contributed by atoms with Gasteiger partial charge in [-0.2, -0.15) is 0 Å². The summed E-state index contributed by atoms with van der Waals surface area (Å²) in [5, 5.41) is 2.95. The summed E-state index contributed by atoms with van der Waals surface area (Å²) < 4.78 is 13.1. The molecule has 2 aromatic carbocycles. The van der Waals surface area contributed by atoms with Crippen molar-refractivity contribution < 1.29 is 14.0 Å². The van der Waals surface area contributed by atoms with E-state index >= 15 is 0 Å². The van der Waals surface area contributed by atoms with Crippen LogP contribution in [0, 0.1) is 11.7 Å². The van der Waals surface area contributed by atoms with Gasteiger partial charge in [0.05, 0.1) is 4.88 Å². The van der Waals surface area contributed by atoms with E-state index in [0.717, 1.165) is 16.0 Å². The molecule has 1 fully saturated rings. The molecule has 2 heterocycles. The number of hydrogen-bond donors (Lipinski definition) is 1. The van der Waals surface area contributed by atoms with Gasteiger partial charge in [0, 0.05) is 36.9 Å². The molecule has 1 aliphatic rings. The molecule has 1 saturated heterocycles. The third-order valence-corrected chi connectivity index (χ3v) is 6.15. The number of carbonyl (C=O) groups is 2. The second-order valence-corrected chi connectivity index (χ2v) is 8.29. The summed E-state index contributed by atoms with van der Waals surface area (Å²) in [6, 6.07) is 19.8. The fraction of sp³-hybridized carbons (Fsp3) is 0.217. The highest BCUT2D eigenvalue weighted by molar-refractivity contribution is 7.17. The molecule has 29 heavy (non-hydrogen) atoms. The third-order valence-electron chi connectivity index (χ3n) is 5.02. The fourth-order valence-corrected chi connectivity index (χ4v) is 4.43. The molecule has 4 nitrogen and oxygen atoms in total. The van der Waals surface area contributed by atoms with E-state index in [0.29, 0.717) is 30.9 Å². The molecule has 6 heteroatoms. The third kappa shape index (κ3) is 4.71. The second kappa shape index (κ2) is 8.57. The number of benzene rings is 2. The number of thiophene rings is 1. The normalized spacial score (nSPS) is 16.2. The molecule has 0 spiro atoms. The molecule has 4 rings (SSSR count). The van der Waals surface area contributed by atoms with E-state index in [2.05, 4.69) is 5.32 Å². The van der Waals surface area contributed by atoms with Gasteiger partial charge < -0.3 is 10.2 Å². The van der Waals surface area contributed by atoms with Gasteiger partial charge >= 0.3 is 0 Å². The summed E-state index contributed by atoms with van der Waals surface area (Å²) >= 11 is 1.37. The Balaban J connectivity index is 1.31. The minimum atomic E-state index is -0.282. The predicted molar refractivity (Wildman–Crippen MR) is 112 cm³/mol. The molecule has 1 atom stereocenters. The van der Waals surface area contributed by atoms with Crippen LogP contribution in [0.15, 0.2) is 66.7 Å². The van der Waals surface area contributed by atoms with Gasteiger partial charge in [-0.25, -0.2) is 4.39 Å². The molecule has 0 bridgehead atoms. The first kappa shape index (κ1) is 19.3. The largest absolute Gasteiger partial charge is 0.351 e. The SMILES string of the molecule is O=C(NC[C@@H]1CC(=O)N(Cc2ccccc2)C1)c1ccc(-c2ccc(F)cc2)s1. The van der Waals surface area contributed by atoms with E-state index in [4.69, 9.17) is 0 Å². The average molecular weight is 408 g/mol. The van der Waals surface area contributed by atoms with Crippen molar-refractivity contribution in [3.05, 3.63) is 83.0 Å². The first-order valence-corrected chi connectivity index (χ1v) is 10.4. The first-order chi connectivity index (χ1) is 14.1. The zero-order valence-corrected chi connectivity index (χ0v) is 16.6. The molecule has 1 aromatic heterocycles. The maximum absolute atomic E-state index is 13.1. The van der Waals surface area contributed by atoms with E-state index in [1.54, 1.807) is 18.2 Å². The van der Waals surface area contributed by atoms with Crippen molar-refractivity contribution in [3.63, 3.8) is 0 Å². The lowest BCUT2D eigenvalue weighted by Gasteiger charge is -2.17. The van der Waals surface area contributed by atoms with Gasteiger partial charge in [0.25, 0.3) is 5.91 Å². The van der Waals surface area contributed by atoms with E-state index in [1.165, 1.54) is 23.5 Å². The van der Waals surface area contributed by atoms with Crippen molar-refractivity contribution in [2.75, 3.05) is 13.1 Å². The lowest BCUT2D eigenvalue weighted by molar-refractivity contribution is -0.128. The molecular weight excluding hydrogens is 387 g/mol. The Labute approximate surface area is 173 Å². The lowest BCUT2D eigenvalue weighted by Crippen LogP contribution is -2.30. The number of hydrogen-bond acceptors (Lipinski definition) is 3. The van der Waals surface area contributed by atoms with Gasteiger partial charge in [-0.15, -0.1) is 11.3 Å². The molecule has 3 aromatic rings. The van der Waals surface area contributed by atoms with Crippen LogP contribution in [0.3, 0.4) is 0 Å². The number of rotatable bonds is 6. The van der Waals surface area contributed by atoms with Gasteiger partial charge in [-0.05, 0) is 35.4 Å². The summed E-state index contributed by atoms with van der Waals surface area (Å²) in [7, 11) is 0. The minimum absolute atomic E-state index is 0.117. The Kier molecular flexibility index (Phi) is 5.71. The molecule has 0 saturated carbocycles. The summed E-state index contributed by atoms with van der Waals surface area (Å²) in [5.74, 6) is -0.178. The molecule has 0 aliphatic carbocycles. The Morgan fingerprint density at radius 2 is 1.83 bits per heavy atom. The van der Waals surface area contributed by atoms with E-state index < -0.39 is 0 Å². The quantitative estimate of drug-likeness (QED) is 0.660. The highest BCUT2D eigenvalue weighted by atomic mass is 32.1. The van der Waals surface area contributed by atoms with Crippen molar-refractivity contribution >= 4 is 23.2 Å². The van der Waals surface area contributed by atoms with E-state index in [1.807, 2.05) is 41.3 Å². The van der Waals surface area contributed by atoms with Crippen molar-refractivity contribution in [2.45, 2.75) is 13.0 Å². The van der Waals surface area contributed by atoms with Crippen LogP contribution in [0.1, 0.15) is 21.7 Å². The Hall–Kier alpha value is -2.99. The standard InChI is InChI=1S/C23H21FN2O2S/c24-19-8-6-18(7-9-19)20-10-11-21(29-20)23(28)25-13-17-12-22(27)26(15-17)14-16-4-2-1-3-5-16/h1-11,17H,12-15H2,(H,25,28)/t17-/m0/s1. The van der Waals surface area contributed by atoms with Crippen LogP contribution in [-0.2, 0) is 11.3 Å². The van der Waals surface area contributed by atoms with Crippen molar-refractivity contribution in [1.29, 1.82) is 0 Å². The fourth-order valence-electron chi connectivity index (χ4n) is 3.50. The monoisotopic (exact) mass is 408 g/mol. The predicted octanol–water partition coefficient (Wildman–Crippen LogP) is 4.33. The van der Waals surface area contributed by atoms with Crippen LogP contribution in [0.4, 0.5) is 4.39 Å². The van der Waals surface area contributed by atoms with Crippen molar-refractivity contribution in [1.82, 2.24) is 10.2 Å². The zero-order chi connectivity index (χ0) is 20.2. The van der Waals surface area contributed by atoms with Gasteiger partial charge in [0.15, 0.2) is 0 Å². The highest BCUT2D eigenvalue weighted by Gasteiger charge is 2.29. The highest BCUT2D eigenvalue weighted by Crippen LogP contribution is 2.28. The molecule has 148 valence electrons. The van der Waals surface area contributed by atoms with Crippen molar-refractivity contribution in [3.8, 4) is 10.4 Å². The summed E-state index contributed by atoms with van der Waals surface area (Å²) in [4.78, 5) is 28.1. The second-order valence-electron chi connectivity index (χ2n) is 7.21. The summed E-state index contributed by atoms with van der Waals surface area (Å²) in [6.45, 7) is 1.73. The Morgan fingerprint density at radius 1 is 1.07 bits per heavy atom. The summed E-state index contributed by atoms with van der Waals surface area (Å²) in [6.07, 6.45) is 0.457. The van der Waals surface area contributed by atoms with E-state index in [9.17, 15) is 14.0 Å². The van der Waals surface area contributed by atoms with Gasteiger partial charge in [-0.1, -0.05) is 42.5 Å². The Bertz CT molecular complexity index is 1000. The minimum Gasteiger partial charge on any atom is -0.351 e. The average Bonchev–Trinajstić information content (AvgIpc) is 3.35. The molecule has 1 aliphatic heterocycles. The number of halogens is 1. The van der Waals surface area contributed by atoms with Crippen LogP contribution in [0.2, 0.25) is 0 Å². The topological polar surface area (TPSA) is 49.4 Å².